The second-order valence-electron chi connectivity index (χ2n) is 8.04. The van der Waals surface area contributed by atoms with Gasteiger partial charge in [-0.2, -0.15) is 0 Å². The van der Waals surface area contributed by atoms with E-state index in [1.54, 1.807) is 6.07 Å². The van der Waals surface area contributed by atoms with Gasteiger partial charge in [0.05, 0.1) is 19.4 Å². The molecule has 1 aromatic rings. The largest absolute Gasteiger partial charge is 0.466 e. The summed E-state index contributed by atoms with van der Waals surface area (Å²) in [5, 5.41) is 0.764. The number of rotatable bonds is 18. The topological polar surface area (TPSA) is 52.6 Å². The summed E-state index contributed by atoms with van der Waals surface area (Å²) >= 11 is 11.7. The molecular weight excluding hydrogens is 435 g/mol. The van der Waals surface area contributed by atoms with Gasteiger partial charge >= 0.3 is 11.9 Å². The molecular formula is C25H38Cl2O4. The van der Waals surface area contributed by atoms with E-state index >= 15 is 0 Å². The lowest BCUT2D eigenvalue weighted by atomic mass is 10.0. The van der Waals surface area contributed by atoms with Gasteiger partial charge in [-0.25, -0.2) is 0 Å². The smallest absolute Gasteiger partial charge is 0.311 e. The molecule has 31 heavy (non-hydrogen) atoms. The highest BCUT2D eigenvalue weighted by molar-refractivity contribution is 6.34. The van der Waals surface area contributed by atoms with Crippen molar-refractivity contribution in [1.82, 2.24) is 0 Å². The normalized spacial score (nSPS) is 10.8. The lowest BCUT2D eigenvalue weighted by Gasteiger charge is -2.07. The van der Waals surface area contributed by atoms with E-state index in [2.05, 4.69) is 6.92 Å². The van der Waals surface area contributed by atoms with Crippen LogP contribution in [0.5, 0.6) is 5.75 Å². The third-order valence-electron chi connectivity index (χ3n) is 5.11. The van der Waals surface area contributed by atoms with Crippen molar-refractivity contribution >= 4 is 35.1 Å². The Labute approximate surface area is 198 Å². The number of benzene rings is 1. The minimum absolute atomic E-state index is 0.00553. The molecule has 0 saturated heterocycles. The van der Waals surface area contributed by atoms with E-state index in [0.717, 1.165) is 12.8 Å². The van der Waals surface area contributed by atoms with Gasteiger partial charge in [-0.15, -0.1) is 0 Å². The maximum atomic E-state index is 11.8. The van der Waals surface area contributed by atoms with E-state index in [1.165, 1.54) is 82.8 Å². The molecule has 6 heteroatoms. The van der Waals surface area contributed by atoms with Gasteiger partial charge in [0.1, 0.15) is 5.75 Å². The van der Waals surface area contributed by atoms with Crippen molar-refractivity contribution in [3.8, 4) is 5.75 Å². The second kappa shape index (κ2) is 18.3. The van der Waals surface area contributed by atoms with Gasteiger partial charge in [0.15, 0.2) is 0 Å². The number of carbonyl (C=O) groups is 2. The third-order valence-corrected chi connectivity index (χ3v) is 5.55. The molecule has 0 aliphatic heterocycles. The number of halogens is 2. The standard InChI is InChI=1S/C25H38Cl2O4/c1-2-3-4-5-6-7-8-9-10-11-12-13-14-17-30-24(28)15-16-25(29)31-23-19-21(26)18-22(27)20-23/h18-20H,2-17H2,1H3. The van der Waals surface area contributed by atoms with Crippen LogP contribution in [0.4, 0.5) is 0 Å². The summed E-state index contributed by atoms with van der Waals surface area (Å²) in [4.78, 5) is 23.6. The zero-order valence-electron chi connectivity index (χ0n) is 18.9. The summed E-state index contributed by atoms with van der Waals surface area (Å²) in [6.45, 7) is 2.67. The maximum absolute atomic E-state index is 11.8. The molecule has 0 saturated carbocycles. The molecule has 0 radical (unpaired) electrons. The molecule has 0 unspecified atom stereocenters. The molecule has 0 atom stereocenters. The number of esters is 2. The first-order valence-electron chi connectivity index (χ1n) is 11.8. The van der Waals surface area contributed by atoms with E-state index in [4.69, 9.17) is 32.7 Å². The highest BCUT2D eigenvalue weighted by Gasteiger charge is 2.11. The van der Waals surface area contributed by atoms with Gasteiger partial charge in [0, 0.05) is 10.0 Å². The summed E-state index contributed by atoms with van der Waals surface area (Å²) in [7, 11) is 0. The number of hydrogen-bond donors (Lipinski definition) is 0. The van der Waals surface area contributed by atoms with Crippen LogP contribution < -0.4 is 4.74 Å². The lowest BCUT2D eigenvalue weighted by Crippen LogP contribution is -2.12. The highest BCUT2D eigenvalue weighted by atomic mass is 35.5. The van der Waals surface area contributed by atoms with Gasteiger partial charge < -0.3 is 9.47 Å². The SMILES string of the molecule is CCCCCCCCCCCCCCCOC(=O)CCC(=O)Oc1cc(Cl)cc(Cl)c1. The number of unbranched alkanes of at least 4 members (excludes halogenated alkanes) is 12. The molecule has 0 aromatic heterocycles. The Kier molecular flexibility index (Phi) is 16.4. The molecule has 0 amide bonds. The second-order valence-corrected chi connectivity index (χ2v) is 8.92. The van der Waals surface area contributed by atoms with Crippen LogP contribution in [0.1, 0.15) is 103 Å². The van der Waals surface area contributed by atoms with E-state index in [0.29, 0.717) is 16.7 Å². The maximum Gasteiger partial charge on any atom is 0.311 e. The fourth-order valence-electron chi connectivity index (χ4n) is 3.35. The first kappa shape index (κ1) is 27.8. The molecule has 1 rings (SSSR count). The molecule has 0 spiro atoms. The van der Waals surface area contributed by atoms with Crippen LogP contribution in [-0.4, -0.2) is 18.5 Å². The van der Waals surface area contributed by atoms with Crippen LogP contribution in [0.25, 0.3) is 0 Å². The van der Waals surface area contributed by atoms with Crippen LogP contribution in [0.15, 0.2) is 18.2 Å². The van der Waals surface area contributed by atoms with Crippen molar-refractivity contribution in [2.75, 3.05) is 6.61 Å². The molecule has 0 N–H and O–H groups in total. The van der Waals surface area contributed by atoms with Gasteiger partial charge in [0.2, 0.25) is 0 Å². The zero-order chi connectivity index (χ0) is 22.7. The van der Waals surface area contributed by atoms with Crippen molar-refractivity contribution in [2.45, 2.75) is 103 Å². The molecule has 0 aliphatic carbocycles. The van der Waals surface area contributed by atoms with Crippen molar-refractivity contribution in [1.29, 1.82) is 0 Å². The van der Waals surface area contributed by atoms with Gasteiger partial charge in [-0.3, -0.25) is 9.59 Å². The van der Waals surface area contributed by atoms with Crippen molar-refractivity contribution in [2.24, 2.45) is 0 Å². The summed E-state index contributed by atoms with van der Waals surface area (Å²) < 4.78 is 10.3. The predicted octanol–water partition coefficient (Wildman–Crippen LogP) is 8.31. The number of hydrogen-bond acceptors (Lipinski definition) is 4. The van der Waals surface area contributed by atoms with Crippen LogP contribution in [-0.2, 0) is 14.3 Å². The summed E-state index contributed by atoms with van der Waals surface area (Å²) in [6, 6.07) is 4.55. The highest BCUT2D eigenvalue weighted by Crippen LogP contribution is 2.24. The Morgan fingerprint density at radius 3 is 1.65 bits per heavy atom. The van der Waals surface area contributed by atoms with Crippen LogP contribution in [0.3, 0.4) is 0 Å². The van der Waals surface area contributed by atoms with Gasteiger partial charge in [-0.05, 0) is 24.6 Å². The van der Waals surface area contributed by atoms with Crippen molar-refractivity contribution < 1.29 is 19.1 Å². The minimum atomic E-state index is -0.517. The fraction of sp³-hybridized carbons (Fsp3) is 0.680. The van der Waals surface area contributed by atoms with Gasteiger partial charge in [-0.1, -0.05) is 107 Å². The molecule has 0 bridgehead atoms. The Hall–Kier alpha value is -1.26. The summed E-state index contributed by atoms with van der Waals surface area (Å²) in [6.07, 6.45) is 16.6. The Balaban J connectivity index is 1.92. The monoisotopic (exact) mass is 472 g/mol. The Bertz CT molecular complexity index is 614. The predicted molar refractivity (Wildman–Crippen MR) is 128 cm³/mol. The van der Waals surface area contributed by atoms with E-state index in [9.17, 15) is 9.59 Å². The summed E-state index contributed by atoms with van der Waals surface area (Å²) in [5.74, 6) is -0.626. The van der Waals surface area contributed by atoms with E-state index in [1.807, 2.05) is 0 Å². The van der Waals surface area contributed by atoms with Gasteiger partial charge in [0.25, 0.3) is 0 Å². The number of ether oxygens (including phenoxy) is 2. The molecule has 0 aliphatic rings. The Morgan fingerprint density at radius 1 is 0.677 bits per heavy atom. The van der Waals surface area contributed by atoms with Crippen molar-refractivity contribution in [3.05, 3.63) is 28.2 Å². The molecule has 0 heterocycles. The molecule has 176 valence electrons. The first-order valence-corrected chi connectivity index (χ1v) is 12.6. The summed E-state index contributed by atoms with van der Waals surface area (Å²) in [5.41, 5.74) is 0. The third kappa shape index (κ3) is 16.1. The van der Waals surface area contributed by atoms with Crippen LogP contribution >= 0.6 is 23.2 Å². The average molecular weight is 473 g/mol. The molecule has 1 aromatic carbocycles. The fourth-order valence-corrected chi connectivity index (χ4v) is 3.86. The van der Waals surface area contributed by atoms with E-state index in [-0.39, 0.29) is 24.6 Å². The first-order chi connectivity index (χ1) is 15.0. The van der Waals surface area contributed by atoms with Crippen LogP contribution in [0.2, 0.25) is 10.0 Å². The Morgan fingerprint density at radius 2 is 1.13 bits per heavy atom. The molecule has 0 fully saturated rings. The van der Waals surface area contributed by atoms with Crippen molar-refractivity contribution in [3.63, 3.8) is 0 Å². The van der Waals surface area contributed by atoms with Crippen LogP contribution in [0, 0.1) is 0 Å². The number of carbonyl (C=O) groups excluding carboxylic acids is 2. The van der Waals surface area contributed by atoms with E-state index < -0.39 is 5.97 Å². The molecule has 4 nitrogen and oxygen atoms in total. The minimum Gasteiger partial charge on any atom is -0.466 e. The lowest BCUT2D eigenvalue weighted by molar-refractivity contribution is -0.147. The quantitative estimate of drug-likeness (QED) is 0.122. The zero-order valence-corrected chi connectivity index (χ0v) is 20.4. The average Bonchev–Trinajstić information content (AvgIpc) is 2.71.